The highest BCUT2D eigenvalue weighted by atomic mass is 19.1. The minimum absolute atomic E-state index is 0.0375. The molecule has 0 spiro atoms. The third-order valence-corrected chi connectivity index (χ3v) is 2.86. The number of carbonyl (C=O) groups is 1. The molecule has 86 valence electrons. The maximum atomic E-state index is 13.0. The summed E-state index contributed by atoms with van der Waals surface area (Å²) in [6.45, 7) is 3.34. The van der Waals surface area contributed by atoms with Crippen molar-refractivity contribution in [1.82, 2.24) is 10.6 Å². The molecule has 0 bridgehead atoms. The van der Waals surface area contributed by atoms with Crippen LogP contribution in [0.4, 0.5) is 4.39 Å². The Labute approximate surface area is 94.0 Å². The van der Waals surface area contributed by atoms with E-state index in [0.29, 0.717) is 0 Å². The topological polar surface area (TPSA) is 41.1 Å². The van der Waals surface area contributed by atoms with E-state index >= 15 is 0 Å². The molecule has 1 atom stereocenters. The second kappa shape index (κ2) is 4.61. The summed E-state index contributed by atoms with van der Waals surface area (Å²) in [7, 11) is 0. The minimum Gasteiger partial charge on any atom is -0.349 e. The third kappa shape index (κ3) is 2.39. The predicted molar refractivity (Wildman–Crippen MR) is 59.3 cm³/mol. The SMILES string of the molecule is C[C@H](NC(=O)C1CNC1)c1cccc(F)c1. The summed E-state index contributed by atoms with van der Waals surface area (Å²) < 4.78 is 13.0. The van der Waals surface area contributed by atoms with Crippen molar-refractivity contribution in [1.29, 1.82) is 0 Å². The molecule has 1 saturated heterocycles. The number of rotatable bonds is 3. The molecule has 0 radical (unpaired) electrons. The van der Waals surface area contributed by atoms with Gasteiger partial charge < -0.3 is 10.6 Å². The van der Waals surface area contributed by atoms with Gasteiger partial charge in [0.1, 0.15) is 5.82 Å². The summed E-state index contributed by atoms with van der Waals surface area (Å²) in [4.78, 5) is 11.6. The fourth-order valence-electron chi connectivity index (χ4n) is 1.66. The van der Waals surface area contributed by atoms with Crippen LogP contribution in [0, 0.1) is 11.7 Å². The highest BCUT2D eigenvalue weighted by Gasteiger charge is 2.25. The standard InChI is InChI=1S/C12H15FN2O/c1-8(9-3-2-4-11(13)5-9)15-12(16)10-6-14-7-10/h2-5,8,10,14H,6-7H2,1H3,(H,15,16)/t8-/m0/s1. The number of amides is 1. The lowest BCUT2D eigenvalue weighted by atomic mass is 10.0. The summed E-state index contributed by atoms with van der Waals surface area (Å²) >= 11 is 0. The molecule has 0 aromatic heterocycles. The zero-order valence-corrected chi connectivity index (χ0v) is 9.16. The van der Waals surface area contributed by atoms with Gasteiger partial charge in [0.2, 0.25) is 5.91 Å². The maximum Gasteiger partial charge on any atom is 0.226 e. The molecule has 1 fully saturated rings. The number of carbonyl (C=O) groups excluding carboxylic acids is 1. The summed E-state index contributed by atoms with van der Waals surface area (Å²) in [6.07, 6.45) is 0. The number of nitrogens with one attached hydrogen (secondary N) is 2. The molecule has 1 aliphatic heterocycles. The molecule has 4 heteroatoms. The highest BCUT2D eigenvalue weighted by Crippen LogP contribution is 2.14. The van der Waals surface area contributed by atoms with Crippen molar-refractivity contribution >= 4 is 5.91 Å². The first-order valence-corrected chi connectivity index (χ1v) is 5.43. The Morgan fingerprint density at radius 1 is 1.56 bits per heavy atom. The van der Waals surface area contributed by atoms with Crippen molar-refractivity contribution in [3.8, 4) is 0 Å². The smallest absolute Gasteiger partial charge is 0.226 e. The fraction of sp³-hybridized carbons (Fsp3) is 0.417. The van der Waals surface area contributed by atoms with Crippen LogP contribution in [-0.4, -0.2) is 19.0 Å². The van der Waals surface area contributed by atoms with Crippen LogP contribution in [0.3, 0.4) is 0 Å². The Kier molecular flexibility index (Phi) is 3.19. The lowest BCUT2D eigenvalue weighted by Crippen LogP contribution is -2.51. The minimum atomic E-state index is -0.274. The quantitative estimate of drug-likeness (QED) is 0.807. The molecule has 3 nitrogen and oxygen atoms in total. The zero-order valence-electron chi connectivity index (χ0n) is 9.16. The van der Waals surface area contributed by atoms with Gasteiger partial charge in [-0.15, -0.1) is 0 Å². The summed E-state index contributed by atoms with van der Waals surface area (Å²) in [6, 6.07) is 6.16. The molecular weight excluding hydrogens is 207 g/mol. The maximum absolute atomic E-state index is 13.0. The molecule has 1 aromatic rings. The van der Waals surface area contributed by atoms with Gasteiger partial charge in [0.15, 0.2) is 0 Å². The predicted octanol–water partition coefficient (Wildman–Crippen LogP) is 1.22. The van der Waals surface area contributed by atoms with E-state index in [1.54, 1.807) is 6.07 Å². The molecule has 1 aliphatic rings. The normalized spacial score (nSPS) is 17.6. The van der Waals surface area contributed by atoms with Crippen molar-refractivity contribution in [2.75, 3.05) is 13.1 Å². The van der Waals surface area contributed by atoms with Crippen LogP contribution in [0.2, 0.25) is 0 Å². The van der Waals surface area contributed by atoms with Gasteiger partial charge in [-0.1, -0.05) is 12.1 Å². The molecule has 2 rings (SSSR count). The molecular formula is C12H15FN2O. The van der Waals surface area contributed by atoms with E-state index in [1.807, 2.05) is 13.0 Å². The Morgan fingerprint density at radius 2 is 2.31 bits per heavy atom. The van der Waals surface area contributed by atoms with E-state index < -0.39 is 0 Å². The van der Waals surface area contributed by atoms with Crippen molar-refractivity contribution in [3.63, 3.8) is 0 Å². The van der Waals surface area contributed by atoms with Crippen molar-refractivity contribution in [3.05, 3.63) is 35.6 Å². The van der Waals surface area contributed by atoms with E-state index in [9.17, 15) is 9.18 Å². The average Bonchev–Trinajstić information content (AvgIpc) is 2.14. The second-order valence-corrected chi connectivity index (χ2v) is 4.14. The molecule has 0 aliphatic carbocycles. The zero-order chi connectivity index (χ0) is 11.5. The molecule has 1 amide bonds. The van der Waals surface area contributed by atoms with Gasteiger partial charge in [0.25, 0.3) is 0 Å². The molecule has 16 heavy (non-hydrogen) atoms. The molecule has 2 N–H and O–H groups in total. The lowest BCUT2D eigenvalue weighted by Gasteiger charge is -2.27. The van der Waals surface area contributed by atoms with Gasteiger partial charge in [-0.25, -0.2) is 4.39 Å². The van der Waals surface area contributed by atoms with E-state index in [0.717, 1.165) is 18.7 Å². The number of halogens is 1. The second-order valence-electron chi connectivity index (χ2n) is 4.14. The molecule has 0 unspecified atom stereocenters. The highest BCUT2D eigenvalue weighted by molar-refractivity contribution is 5.80. The van der Waals surface area contributed by atoms with Crippen LogP contribution in [0.15, 0.2) is 24.3 Å². The van der Waals surface area contributed by atoms with Gasteiger partial charge in [0.05, 0.1) is 12.0 Å². The first kappa shape index (κ1) is 11.1. The Balaban J connectivity index is 1.96. The Hall–Kier alpha value is -1.42. The van der Waals surface area contributed by atoms with Gasteiger partial charge in [-0.3, -0.25) is 4.79 Å². The number of hydrogen-bond donors (Lipinski definition) is 2. The fourth-order valence-corrected chi connectivity index (χ4v) is 1.66. The van der Waals surface area contributed by atoms with Crippen LogP contribution in [0.5, 0.6) is 0 Å². The third-order valence-electron chi connectivity index (χ3n) is 2.86. The average molecular weight is 222 g/mol. The van der Waals surface area contributed by atoms with Crippen LogP contribution in [-0.2, 0) is 4.79 Å². The monoisotopic (exact) mass is 222 g/mol. The number of hydrogen-bond acceptors (Lipinski definition) is 2. The molecule has 0 saturated carbocycles. The Bertz CT molecular complexity index is 390. The van der Waals surface area contributed by atoms with Gasteiger partial charge >= 0.3 is 0 Å². The van der Waals surface area contributed by atoms with Crippen LogP contribution in [0.1, 0.15) is 18.5 Å². The lowest BCUT2D eigenvalue weighted by molar-refractivity contribution is -0.127. The summed E-state index contributed by atoms with van der Waals surface area (Å²) in [5.74, 6) is -0.171. The first-order valence-electron chi connectivity index (χ1n) is 5.43. The van der Waals surface area contributed by atoms with E-state index in [1.165, 1.54) is 12.1 Å². The first-order chi connectivity index (χ1) is 7.66. The summed E-state index contributed by atoms with van der Waals surface area (Å²) in [5, 5.41) is 5.92. The van der Waals surface area contributed by atoms with E-state index in [2.05, 4.69) is 10.6 Å². The van der Waals surface area contributed by atoms with E-state index in [4.69, 9.17) is 0 Å². The largest absolute Gasteiger partial charge is 0.349 e. The molecule has 1 heterocycles. The van der Waals surface area contributed by atoms with Crippen LogP contribution < -0.4 is 10.6 Å². The van der Waals surface area contributed by atoms with Gasteiger partial charge in [-0.2, -0.15) is 0 Å². The van der Waals surface area contributed by atoms with E-state index in [-0.39, 0.29) is 23.7 Å². The summed E-state index contributed by atoms with van der Waals surface area (Å²) in [5.41, 5.74) is 0.792. The number of benzene rings is 1. The van der Waals surface area contributed by atoms with Gasteiger partial charge in [0, 0.05) is 13.1 Å². The van der Waals surface area contributed by atoms with Crippen molar-refractivity contribution in [2.24, 2.45) is 5.92 Å². The van der Waals surface area contributed by atoms with Crippen LogP contribution >= 0.6 is 0 Å². The van der Waals surface area contributed by atoms with Gasteiger partial charge in [-0.05, 0) is 24.6 Å². The van der Waals surface area contributed by atoms with Crippen molar-refractivity contribution < 1.29 is 9.18 Å². The van der Waals surface area contributed by atoms with Crippen LogP contribution in [0.25, 0.3) is 0 Å². The Morgan fingerprint density at radius 3 is 2.88 bits per heavy atom. The molecule has 1 aromatic carbocycles. The van der Waals surface area contributed by atoms with Crippen molar-refractivity contribution in [2.45, 2.75) is 13.0 Å².